The Morgan fingerprint density at radius 3 is 1.73 bits per heavy atom. The second-order valence-corrected chi connectivity index (χ2v) is 3.38. The van der Waals surface area contributed by atoms with Crippen molar-refractivity contribution in [3.63, 3.8) is 0 Å². The summed E-state index contributed by atoms with van der Waals surface area (Å²) in [5.74, 6) is -0.368. The lowest BCUT2D eigenvalue weighted by Crippen LogP contribution is -1.99. The van der Waals surface area contributed by atoms with Crippen molar-refractivity contribution in [3.05, 3.63) is 12.7 Å². The normalized spacial score (nSPS) is 10.2. The Kier molecular flexibility index (Phi) is 7.92. The number of hydrogen-bond acceptors (Lipinski definition) is 3. The third kappa shape index (κ3) is 41.3. The van der Waals surface area contributed by atoms with Crippen LogP contribution in [0.1, 0.15) is 0 Å². The van der Waals surface area contributed by atoms with Crippen LogP contribution in [0, 0.1) is 0 Å². The molecule has 0 spiro atoms. The van der Waals surface area contributed by atoms with E-state index in [2.05, 4.69) is 6.58 Å². The fraction of sp³-hybridized carbons (Fsp3) is 0.333. The van der Waals surface area contributed by atoms with Crippen LogP contribution < -0.4 is 0 Å². The molecule has 8 heteroatoms. The van der Waals surface area contributed by atoms with Crippen LogP contribution >= 0.6 is 8.25 Å². The Morgan fingerprint density at radius 2 is 1.73 bits per heavy atom. The lowest BCUT2D eigenvalue weighted by atomic mass is 10.8. The van der Waals surface area contributed by atoms with Gasteiger partial charge in [-0.15, -0.1) is 6.58 Å². The molecule has 0 rings (SSSR count). The summed E-state index contributed by atoms with van der Waals surface area (Å²) in [6.07, 6.45) is 1.12. The Labute approximate surface area is 64.9 Å². The van der Waals surface area contributed by atoms with E-state index < -0.39 is 18.4 Å². The van der Waals surface area contributed by atoms with Gasteiger partial charge in [0.05, 0.1) is 5.75 Å². The summed E-state index contributed by atoms with van der Waals surface area (Å²) in [5.41, 5.74) is 0. The first-order valence-electron chi connectivity index (χ1n) is 2.27. The van der Waals surface area contributed by atoms with Crippen LogP contribution in [0.5, 0.6) is 0 Å². The third-order valence-corrected chi connectivity index (χ3v) is 0.985. The molecule has 0 unspecified atom stereocenters. The zero-order valence-corrected chi connectivity index (χ0v) is 7.28. The quantitative estimate of drug-likeness (QED) is 0.315. The second kappa shape index (κ2) is 6.51. The molecule has 0 fully saturated rings. The zero-order valence-electron chi connectivity index (χ0n) is 5.47. The molecule has 0 aromatic heterocycles. The van der Waals surface area contributed by atoms with E-state index in [0.717, 1.165) is 6.08 Å². The van der Waals surface area contributed by atoms with Gasteiger partial charge in [-0.05, 0) is 0 Å². The lowest BCUT2D eigenvalue weighted by Gasteiger charge is -1.82. The summed E-state index contributed by atoms with van der Waals surface area (Å²) >= 11 is 0. The predicted octanol–water partition coefficient (Wildman–Crippen LogP) is -0.579. The molecular formula is C3H9O6PS. The molecule has 0 bridgehead atoms. The van der Waals surface area contributed by atoms with Gasteiger partial charge >= 0.3 is 8.25 Å². The standard InChI is InChI=1S/C3H6O3S.H3O3P/c1-2-3-7(4,5)6;1-4(2)3/h2H,1,3H2,(H,4,5,6);4H,(H2,1,2,3). The zero-order chi connectivity index (χ0) is 9.49. The minimum Gasteiger partial charge on any atom is -0.326 e. The van der Waals surface area contributed by atoms with E-state index in [1.165, 1.54) is 0 Å². The molecule has 11 heavy (non-hydrogen) atoms. The van der Waals surface area contributed by atoms with Crippen LogP contribution in [0.2, 0.25) is 0 Å². The van der Waals surface area contributed by atoms with E-state index in [9.17, 15) is 8.42 Å². The van der Waals surface area contributed by atoms with Gasteiger partial charge < -0.3 is 9.79 Å². The summed E-state index contributed by atoms with van der Waals surface area (Å²) in [6, 6.07) is 0. The Hall–Kier alpha value is -0.200. The van der Waals surface area contributed by atoms with Crippen molar-refractivity contribution in [2.75, 3.05) is 5.75 Å². The van der Waals surface area contributed by atoms with Crippen LogP contribution in [-0.4, -0.2) is 28.5 Å². The predicted molar refractivity (Wildman–Crippen MR) is 40.1 cm³/mol. The molecule has 0 radical (unpaired) electrons. The fourth-order valence-corrected chi connectivity index (χ4v) is 0.447. The van der Waals surface area contributed by atoms with Gasteiger partial charge in [0.1, 0.15) is 0 Å². The highest BCUT2D eigenvalue weighted by Gasteiger charge is 1.95. The molecule has 6 nitrogen and oxygen atoms in total. The molecule has 0 aliphatic heterocycles. The third-order valence-electron chi connectivity index (χ3n) is 0.328. The van der Waals surface area contributed by atoms with E-state index in [1.54, 1.807) is 0 Å². The minimum absolute atomic E-state index is 0.368. The molecule has 0 aliphatic rings. The fourth-order valence-electron chi connectivity index (χ4n) is 0.149. The first-order chi connectivity index (χ1) is 4.79. The van der Waals surface area contributed by atoms with Crippen molar-refractivity contribution in [2.24, 2.45) is 0 Å². The van der Waals surface area contributed by atoms with Gasteiger partial charge in [-0.25, -0.2) is 0 Å². The highest BCUT2D eigenvalue weighted by Crippen LogP contribution is 1.98. The maximum Gasteiger partial charge on any atom is 0.314 e. The van der Waals surface area contributed by atoms with Crippen LogP contribution in [0.15, 0.2) is 12.7 Å². The van der Waals surface area contributed by atoms with Gasteiger partial charge in [-0.1, -0.05) is 6.08 Å². The lowest BCUT2D eigenvalue weighted by molar-refractivity contribution is 0.405. The molecule has 68 valence electrons. The highest BCUT2D eigenvalue weighted by molar-refractivity contribution is 7.85. The highest BCUT2D eigenvalue weighted by atomic mass is 32.2. The van der Waals surface area contributed by atoms with E-state index in [4.69, 9.17) is 18.9 Å². The summed E-state index contributed by atoms with van der Waals surface area (Å²) in [4.78, 5) is 14.3. The molecule has 0 amide bonds. The van der Waals surface area contributed by atoms with Crippen molar-refractivity contribution in [1.29, 1.82) is 0 Å². The molecular weight excluding hydrogens is 195 g/mol. The number of rotatable bonds is 2. The molecule has 3 N–H and O–H groups in total. The van der Waals surface area contributed by atoms with Crippen molar-refractivity contribution >= 4 is 18.4 Å². The van der Waals surface area contributed by atoms with Crippen LogP contribution in [0.3, 0.4) is 0 Å². The summed E-state index contributed by atoms with van der Waals surface area (Å²) in [6.45, 7) is 3.11. The van der Waals surface area contributed by atoms with E-state index in [-0.39, 0.29) is 5.75 Å². The maximum atomic E-state index is 9.72. The Balaban J connectivity index is 0. The average molecular weight is 204 g/mol. The molecule has 0 saturated carbocycles. The molecule has 0 saturated heterocycles. The van der Waals surface area contributed by atoms with Gasteiger partial charge in [0, 0.05) is 0 Å². The van der Waals surface area contributed by atoms with Gasteiger partial charge in [0.15, 0.2) is 0 Å². The molecule has 0 heterocycles. The summed E-state index contributed by atoms with van der Waals surface area (Å²) < 4.78 is 36.1. The molecule has 0 atom stereocenters. The SMILES string of the molecule is C=CCS(=O)(=O)O.O=[PH](O)O. The van der Waals surface area contributed by atoms with E-state index in [1.807, 2.05) is 0 Å². The van der Waals surface area contributed by atoms with Crippen molar-refractivity contribution in [3.8, 4) is 0 Å². The first kappa shape index (κ1) is 13.4. The number of hydrogen-bond donors (Lipinski definition) is 3. The second-order valence-electron chi connectivity index (χ2n) is 1.32. The Morgan fingerprint density at radius 1 is 1.45 bits per heavy atom. The Bertz CT molecular complexity index is 214. The minimum atomic E-state index is -3.79. The molecule has 0 aromatic rings. The van der Waals surface area contributed by atoms with Gasteiger partial charge in [-0.3, -0.25) is 9.12 Å². The first-order valence-corrected chi connectivity index (χ1v) is 5.18. The van der Waals surface area contributed by atoms with Crippen molar-refractivity contribution in [2.45, 2.75) is 0 Å². The van der Waals surface area contributed by atoms with Crippen LogP contribution in [-0.2, 0) is 14.7 Å². The average Bonchev–Trinajstić information content (AvgIpc) is 1.58. The summed E-state index contributed by atoms with van der Waals surface area (Å²) in [5, 5.41) is 0. The van der Waals surface area contributed by atoms with Crippen molar-refractivity contribution in [1.82, 2.24) is 0 Å². The van der Waals surface area contributed by atoms with E-state index in [0.29, 0.717) is 0 Å². The van der Waals surface area contributed by atoms with Gasteiger partial charge in [-0.2, -0.15) is 8.42 Å². The van der Waals surface area contributed by atoms with Gasteiger partial charge in [0.25, 0.3) is 10.1 Å². The molecule has 0 aromatic carbocycles. The van der Waals surface area contributed by atoms with Crippen LogP contribution in [0.25, 0.3) is 0 Å². The maximum absolute atomic E-state index is 9.72. The van der Waals surface area contributed by atoms with Crippen molar-refractivity contribution < 1.29 is 27.3 Å². The van der Waals surface area contributed by atoms with Gasteiger partial charge in [0.2, 0.25) is 0 Å². The monoisotopic (exact) mass is 204 g/mol. The molecule has 0 aliphatic carbocycles. The topological polar surface area (TPSA) is 112 Å². The largest absolute Gasteiger partial charge is 0.326 e. The van der Waals surface area contributed by atoms with E-state index >= 15 is 0 Å². The summed E-state index contributed by atoms with van der Waals surface area (Å²) in [7, 11) is -6.92. The smallest absolute Gasteiger partial charge is 0.314 e. The van der Waals surface area contributed by atoms with Crippen LogP contribution in [0.4, 0.5) is 0 Å².